The molecule has 2 heterocycles. The Morgan fingerprint density at radius 3 is 2.85 bits per heavy atom. The first-order valence-corrected chi connectivity index (χ1v) is 6.63. The number of nitrogens with two attached hydrogens (primary N) is 1. The van der Waals surface area contributed by atoms with Gasteiger partial charge in [0.05, 0.1) is 12.9 Å². The molecule has 0 aromatic carbocycles. The molecule has 2 aromatic heterocycles. The van der Waals surface area contributed by atoms with Gasteiger partial charge in [-0.2, -0.15) is 0 Å². The van der Waals surface area contributed by atoms with Gasteiger partial charge in [0, 0.05) is 6.42 Å². The van der Waals surface area contributed by atoms with E-state index in [1.165, 1.54) is 23.5 Å². The van der Waals surface area contributed by atoms with Crippen molar-refractivity contribution in [2.75, 3.05) is 13.0 Å². The summed E-state index contributed by atoms with van der Waals surface area (Å²) in [5.74, 6) is 7.38. The van der Waals surface area contributed by atoms with E-state index in [0.29, 0.717) is 16.7 Å². The number of nitrogens with zero attached hydrogens (tertiary/aromatic N) is 3. The molecular formula is C11H15ClN4O3S. The number of aryl methyl sites for hydroxylation is 1. The number of nitrogen functional groups attached to an aromatic ring is 1. The van der Waals surface area contributed by atoms with Gasteiger partial charge < -0.3 is 15.0 Å². The Hall–Kier alpha value is -1.67. The van der Waals surface area contributed by atoms with Crippen LogP contribution in [0.3, 0.4) is 0 Å². The van der Waals surface area contributed by atoms with Crippen molar-refractivity contribution in [2.24, 2.45) is 0 Å². The van der Waals surface area contributed by atoms with Crippen molar-refractivity contribution in [1.29, 1.82) is 0 Å². The van der Waals surface area contributed by atoms with Crippen LogP contribution in [0.2, 0.25) is 0 Å². The van der Waals surface area contributed by atoms with Gasteiger partial charge in [-0.3, -0.25) is 0 Å². The molecule has 0 amide bonds. The van der Waals surface area contributed by atoms with Crippen LogP contribution in [0, 0.1) is 0 Å². The van der Waals surface area contributed by atoms with Gasteiger partial charge in [-0.15, -0.1) is 22.6 Å². The Morgan fingerprint density at radius 2 is 2.25 bits per heavy atom. The number of carbonyl (C=O) groups is 1. The molecule has 0 radical (unpaired) electrons. The maximum Gasteiger partial charge on any atom is 0.373 e. The van der Waals surface area contributed by atoms with Crippen molar-refractivity contribution in [1.82, 2.24) is 14.9 Å². The number of esters is 1. The molecule has 2 N–H and O–H groups in total. The van der Waals surface area contributed by atoms with E-state index in [1.54, 1.807) is 12.1 Å². The molecule has 0 saturated heterocycles. The van der Waals surface area contributed by atoms with E-state index in [4.69, 9.17) is 10.3 Å². The summed E-state index contributed by atoms with van der Waals surface area (Å²) in [5, 5.41) is 8.54. The molecule has 0 spiro atoms. The van der Waals surface area contributed by atoms with Crippen LogP contribution in [0.1, 0.15) is 29.1 Å². The van der Waals surface area contributed by atoms with Crippen LogP contribution in [0.25, 0.3) is 0 Å². The van der Waals surface area contributed by atoms with Crippen molar-refractivity contribution in [3.05, 3.63) is 29.5 Å². The second kappa shape index (κ2) is 7.20. The number of carbonyl (C=O) groups excluding carboxylic acids is 1. The van der Waals surface area contributed by atoms with Crippen LogP contribution in [0.15, 0.2) is 21.7 Å². The quantitative estimate of drug-likeness (QED) is 0.508. The molecular weight excluding hydrogens is 304 g/mol. The van der Waals surface area contributed by atoms with Crippen molar-refractivity contribution in [3.63, 3.8) is 0 Å². The lowest BCUT2D eigenvalue weighted by Crippen LogP contribution is -2.13. The van der Waals surface area contributed by atoms with E-state index >= 15 is 0 Å². The maximum absolute atomic E-state index is 11.2. The molecule has 0 unspecified atom stereocenters. The van der Waals surface area contributed by atoms with Crippen LogP contribution in [-0.4, -0.2) is 28.0 Å². The number of aromatic nitrogens is 3. The molecule has 0 atom stereocenters. The molecule has 0 aliphatic carbocycles. The first-order valence-electron chi connectivity index (χ1n) is 5.65. The van der Waals surface area contributed by atoms with Crippen LogP contribution in [-0.2, 0) is 16.9 Å². The monoisotopic (exact) mass is 318 g/mol. The fourth-order valence-electron chi connectivity index (χ4n) is 1.45. The highest BCUT2D eigenvalue weighted by atomic mass is 35.5. The van der Waals surface area contributed by atoms with Gasteiger partial charge in [-0.05, 0) is 12.1 Å². The predicted octanol–water partition coefficient (Wildman–Crippen LogP) is 1.65. The first-order chi connectivity index (χ1) is 9.15. The average Bonchev–Trinajstić information content (AvgIpc) is 3.02. The minimum absolute atomic E-state index is 0. The van der Waals surface area contributed by atoms with E-state index < -0.39 is 5.97 Å². The molecule has 20 heavy (non-hydrogen) atoms. The maximum atomic E-state index is 11.2. The summed E-state index contributed by atoms with van der Waals surface area (Å²) in [7, 11) is 1.31. The lowest BCUT2D eigenvalue weighted by atomic mass is 10.4. The fraction of sp³-hybridized carbons (Fsp3) is 0.364. The van der Waals surface area contributed by atoms with E-state index in [1.807, 2.05) is 6.92 Å². The standard InChI is InChI=1S/C11H14N4O3S.ClH/c1-3-9-13-14-11(15(9)12)19-6-7-4-5-8(18-7)10(16)17-2;/h4-5H,3,6,12H2,1-2H3;1H. The second-order valence-corrected chi connectivity index (χ2v) is 4.61. The van der Waals surface area contributed by atoms with Crippen molar-refractivity contribution >= 4 is 30.1 Å². The number of ether oxygens (including phenoxy) is 1. The van der Waals surface area contributed by atoms with Crippen LogP contribution in [0.5, 0.6) is 0 Å². The lowest BCUT2D eigenvalue weighted by molar-refractivity contribution is 0.0563. The molecule has 0 fully saturated rings. The van der Waals surface area contributed by atoms with Crippen LogP contribution >= 0.6 is 24.2 Å². The van der Waals surface area contributed by atoms with Gasteiger partial charge >= 0.3 is 5.97 Å². The number of furan rings is 1. The third kappa shape index (κ3) is 3.45. The number of thioether (sulfide) groups is 1. The Labute approximate surface area is 126 Å². The summed E-state index contributed by atoms with van der Waals surface area (Å²) < 4.78 is 11.4. The second-order valence-electron chi connectivity index (χ2n) is 3.67. The molecule has 9 heteroatoms. The Bertz CT molecular complexity index is 584. The number of hydrogen-bond acceptors (Lipinski definition) is 7. The minimum atomic E-state index is -0.494. The molecule has 110 valence electrons. The zero-order chi connectivity index (χ0) is 13.8. The van der Waals surface area contributed by atoms with Gasteiger partial charge in [0.1, 0.15) is 5.76 Å². The smallest absolute Gasteiger partial charge is 0.373 e. The van der Waals surface area contributed by atoms with Crippen LogP contribution < -0.4 is 5.84 Å². The summed E-state index contributed by atoms with van der Waals surface area (Å²) in [4.78, 5) is 11.2. The van der Waals surface area contributed by atoms with Crippen LogP contribution in [0.4, 0.5) is 0 Å². The Morgan fingerprint density at radius 1 is 1.50 bits per heavy atom. The zero-order valence-corrected chi connectivity index (χ0v) is 12.7. The minimum Gasteiger partial charge on any atom is -0.463 e. The fourth-order valence-corrected chi connectivity index (χ4v) is 2.22. The van der Waals surface area contributed by atoms with Crippen molar-refractivity contribution in [2.45, 2.75) is 24.3 Å². The largest absolute Gasteiger partial charge is 0.463 e. The Balaban J connectivity index is 0.00000200. The van der Waals surface area contributed by atoms with E-state index in [0.717, 1.165) is 12.2 Å². The molecule has 7 nitrogen and oxygen atoms in total. The molecule has 0 aliphatic rings. The van der Waals surface area contributed by atoms with E-state index in [-0.39, 0.29) is 18.2 Å². The van der Waals surface area contributed by atoms with Gasteiger partial charge in [-0.25, -0.2) is 9.47 Å². The molecule has 2 aromatic rings. The van der Waals surface area contributed by atoms with Gasteiger partial charge in [0.2, 0.25) is 10.9 Å². The summed E-state index contributed by atoms with van der Waals surface area (Å²) in [5.41, 5.74) is 0. The summed E-state index contributed by atoms with van der Waals surface area (Å²) in [6, 6.07) is 3.30. The number of methoxy groups -OCH3 is 1. The average molecular weight is 319 g/mol. The summed E-state index contributed by atoms with van der Waals surface area (Å²) >= 11 is 1.39. The summed E-state index contributed by atoms with van der Waals surface area (Å²) in [6.07, 6.45) is 0.720. The third-order valence-electron chi connectivity index (χ3n) is 2.44. The highest BCUT2D eigenvalue weighted by molar-refractivity contribution is 7.98. The highest BCUT2D eigenvalue weighted by Gasteiger charge is 2.13. The molecule has 0 bridgehead atoms. The van der Waals surface area contributed by atoms with Crippen molar-refractivity contribution < 1.29 is 13.9 Å². The number of hydrogen-bond donors (Lipinski definition) is 1. The SMILES string of the molecule is CCc1nnc(SCc2ccc(C(=O)OC)o2)n1N.Cl. The number of halogens is 1. The number of rotatable bonds is 5. The van der Waals surface area contributed by atoms with Crippen molar-refractivity contribution in [3.8, 4) is 0 Å². The zero-order valence-electron chi connectivity index (χ0n) is 11.0. The summed E-state index contributed by atoms with van der Waals surface area (Å²) in [6.45, 7) is 1.96. The van der Waals surface area contributed by atoms with Gasteiger partial charge in [0.25, 0.3) is 0 Å². The first kappa shape index (κ1) is 16.4. The Kier molecular flexibility index (Phi) is 5.90. The third-order valence-corrected chi connectivity index (χ3v) is 3.41. The highest BCUT2D eigenvalue weighted by Crippen LogP contribution is 2.22. The van der Waals surface area contributed by atoms with E-state index in [2.05, 4.69) is 14.9 Å². The topological polar surface area (TPSA) is 96.2 Å². The van der Waals surface area contributed by atoms with E-state index in [9.17, 15) is 4.79 Å². The normalized spacial score (nSPS) is 10.1. The molecule has 0 aliphatic heterocycles. The molecule has 2 rings (SSSR count). The lowest BCUT2D eigenvalue weighted by Gasteiger charge is -2.00. The van der Waals surface area contributed by atoms with Gasteiger partial charge in [-0.1, -0.05) is 18.7 Å². The van der Waals surface area contributed by atoms with Gasteiger partial charge in [0.15, 0.2) is 5.82 Å². The predicted molar refractivity (Wildman–Crippen MR) is 76.4 cm³/mol. The molecule has 0 saturated carbocycles.